The molecule has 2 aromatic rings. The second-order valence-corrected chi connectivity index (χ2v) is 4.29. The first-order valence-corrected chi connectivity index (χ1v) is 5.77. The SMILES string of the molecule is OBc1ccc(Oc2ccc(Cl)c(Cl)c2)cc1. The summed E-state index contributed by atoms with van der Waals surface area (Å²) in [5, 5.41) is 9.86. The van der Waals surface area contributed by atoms with E-state index in [0.29, 0.717) is 21.5 Å². The molecule has 0 aliphatic carbocycles. The minimum absolute atomic E-state index is 0.0209. The molecule has 86 valence electrons. The van der Waals surface area contributed by atoms with E-state index in [1.165, 1.54) is 0 Å². The molecule has 0 spiro atoms. The molecule has 0 radical (unpaired) electrons. The first kappa shape index (κ1) is 12.3. The van der Waals surface area contributed by atoms with Crippen molar-refractivity contribution < 1.29 is 9.76 Å². The molecule has 2 rings (SSSR count). The predicted octanol–water partition coefficient (Wildman–Crippen LogP) is 2.75. The number of halogens is 2. The summed E-state index contributed by atoms with van der Waals surface area (Å²) in [7, 11) is 0.0209. The number of hydrogen-bond donors (Lipinski definition) is 1. The molecule has 2 nitrogen and oxygen atoms in total. The van der Waals surface area contributed by atoms with E-state index in [0.717, 1.165) is 5.46 Å². The van der Waals surface area contributed by atoms with Gasteiger partial charge in [-0.15, -0.1) is 0 Å². The van der Waals surface area contributed by atoms with Crippen LogP contribution in [0.1, 0.15) is 0 Å². The zero-order valence-corrected chi connectivity index (χ0v) is 10.4. The van der Waals surface area contributed by atoms with Gasteiger partial charge < -0.3 is 9.76 Å². The summed E-state index contributed by atoms with van der Waals surface area (Å²) in [6.07, 6.45) is 0. The molecule has 2 aromatic carbocycles. The van der Waals surface area contributed by atoms with Gasteiger partial charge in [-0.3, -0.25) is 0 Å². The van der Waals surface area contributed by atoms with Crippen LogP contribution in [0.2, 0.25) is 10.0 Å². The number of ether oxygens (including phenoxy) is 1. The lowest BCUT2D eigenvalue weighted by Crippen LogP contribution is -2.11. The molecule has 0 atom stereocenters. The smallest absolute Gasteiger partial charge is 0.304 e. The third kappa shape index (κ3) is 3.16. The van der Waals surface area contributed by atoms with Gasteiger partial charge in [-0.05, 0) is 24.3 Å². The maximum absolute atomic E-state index is 8.91. The Bertz CT molecular complexity index is 514. The summed E-state index contributed by atoms with van der Waals surface area (Å²) in [6, 6.07) is 12.3. The van der Waals surface area contributed by atoms with Gasteiger partial charge in [0.05, 0.1) is 10.0 Å². The molecule has 0 fully saturated rings. The minimum atomic E-state index is 0.0209. The highest BCUT2D eigenvalue weighted by Gasteiger charge is 2.02. The van der Waals surface area contributed by atoms with Crippen LogP contribution in [-0.2, 0) is 0 Å². The summed E-state index contributed by atoms with van der Waals surface area (Å²) in [4.78, 5) is 0. The fourth-order valence-electron chi connectivity index (χ4n) is 1.34. The van der Waals surface area contributed by atoms with E-state index in [-0.39, 0.29) is 7.48 Å². The van der Waals surface area contributed by atoms with Crippen molar-refractivity contribution in [1.82, 2.24) is 0 Å². The van der Waals surface area contributed by atoms with E-state index < -0.39 is 0 Å². The molecule has 0 aliphatic heterocycles. The fraction of sp³-hybridized carbons (Fsp3) is 0. The van der Waals surface area contributed by atoms with E-state index >= 15 is 0 Å². The maximum Gasteiger partial charge on any atom is 0.304 e. The summed E-state index contributed by atoms with van der Waals surface area (Å²) < 4.78 is 5.59. The van der Waals surface area contributed by atoms with Crippen molar-refractivity contribution in [3.8, 4) is 11.5 Å². The highest BCUT2D eigenvalue weighted by atomic mass is 35.5. The van der Waals surface area contributed by atoms with E-state index in [4.69, 9.17) is 33.0 Å². The molecule has 0 aliphatic rings. The second-order valence-electron chi connectivity index (χ2n) is 3.48. The minimum Gasteiger partial charge on any atom is -0.457 e. The van der Waals surface area contributed by atoms with Crippen molar-refractivity contribution in [2.45, 2.75) is 0 Å². The average molecular weight is 267 g/mol. The summed E-state index contributed by atoms with van der Waals surface area (Å²) in [6.45, 7) is 0. The summed E-state index contributed by atoms with van der Waals surface area (Å²) in [5.41, 5.74) is 0.839. The van der Waals surface area contributed by atoms with E-state index in [2.05, 4.69) is 0 Å². The van der Waals surface area contributed by atoms with Gasteiger partial charge in [0, 0.05) is 6.07 Å². The van der Waals surface area contributed by atoms with Crippen LogP contribution in [0, 0.1) is 0 Å². The molecule has 0 aromatic heterocycles. The molecule has 0 unspecified atom stereocenters. The van der Waals surface area contributed by atoms with Crippen LogP contribution in [0.3, 0.4) is 0 Å². The zero-order valence-electron chi connectivity index (χ0n) is 8.86. The third-order valence-corrected chi connectivity index (χ3v) is 2.97. The first-order valence-electron chi connectivity index (χ1n) is 5.02. The second kappa shape index (κ2) is 5.45. The Morgan fingerprint density at radius 3 is 2.12 bits per heavy atom. The van der Waals surface area contributed by atoms with Crippen molar-refractivity contribution in [2.75, 3.05) is 0 Å². The first-order chi connectivity index (χ1) is 8.19. The molecule has 17 heavy (non-hydrogen) atoms. The van der Waals surface area contributed by atoms with Gasteiger partial charge in [0.25, 0.3) is 0 Å². The van der Waals surface area contributed by atoms with Crippen LogP contribution in [0.4, 0.5) is 0 Å². The summed E-state index contributed by atoms with van der Waals surface area (Å²) in [5.74, 6) is 1.30. The van der Waals surface area contributed by atoms with Crippen LogP contribution in [0.5, 0.6) is 11.5 Å². The molecule has 0 bridgehead atoms. The lowest BCUT2D eigenvalue weighted by Gasteiger charge is -2.06. The lowest BCUT2D eigenvalue weighted by atomic mass is 9.89. The monoisotopic (exact) mass is 266 g/mol. The fourth-order valence-corrected chi connectivity index (χ4v) is 1.63. The average Bonchev–Trinajstić information content (AvgIpc) is 2.35. The van der Waals surface area contributed by atoms with Gasteiger partial charge in [0.15, 0.2) is 0 Å². The Morgan fingerprint density at radius 1 is 0.882 bits per heavy atom. The van der Waals surface area contributed by atoms with E-state index in [1.807, 2.05) is 0 Å². The molecule has 5 heteroatoms. The van der Waals surface area contributed by atoms with Crippen LogP contribution in [0.25, 0.3) is 0 Å². The molecule has 1 N–H and O–H groups in total. The highest BCUT2D eigenvalue weighted by molar-refractivity contribution is 6.45. The lowest BCUT2D eigenvalue weighted by molar-refractivity contribution is 0.483. The summed E-state index contributed by atoms with van der Waals surface area (Å²) >= 11 is 11.7. The van der Waals surface area contributed by atoms with Gasteiger partial charge in [0.2, 0.25) is 0 Å². The van der Waals surface area contributed by atoms with Crippen molar-refractivity contribution in [3.05, 3.63) is 52.5 Å². The normalized spacial score (nSPS) is 10.1. The standard InChI is InChI=1S/C12H9BCl2O2/c14-11-6-5-10(7-12(11)15)17-9-3-1-8(13-16)2-4-9/h1-7,13,16H. The number of hydrogen-bond acceptors (Lipinski definition) is 2. The van der Waals surface area contributed by atoms with Gasteiger partial charge >= 0.3 is 7.48 Å². The quantitative estimate of drug-likeness (QED) is 0.866. The molecule has 0 saturated carbocycles. The van der Waals surface area contributed by atoms with Crippen molar-refractivity contribution in [3.63, 3.8) is 0 Å². The number of rotatable bonds is 3. The van der Waals surface area contributed by atoms with Crippen molar-refractivity contribution >= 4 is 36.1 Å². The Hall–Kier alpha value is -1.16. The molecule has 0 heterocycles. The van der Waals surface area contributed by atoms with Gasteiger partial charge in [-0.1, -0.05) is 40.8 Å². The molecular formula is C12H9BCl2O2. The Balaban J connectivity index is 2.16. The van der Waals surface area contributed by atoms with Gasteiger partial charge in [0.1, 0.15) is 11.5 Å². The Labute approximate surface area is 110 Å². The zero-order chi connectivity index (χ0) is 12.3. The van der Waals surface area contributed by atoms with E-state index in [1.54, 1.807) is 42.5 Å². The van der Waals surface area contributed by atoms with Crippen molar-refractivity contribution in [2.24, 2.45) is 0 Å². The largest absolute Gasteiger partial charge is 0.457 e. The van der Waals surface area contributed by atoms with Crippen LogP contribution < -0.4 is 10.2 Å². The Morgan fingerprint density at radius 2 is 1.53 bits per heavy atom. The van der Waals surface area contributed by atoms with Gasteiger partial charge in [-0.25, -0.2) is 0 Å². The van der Waals surface area contributed by atoms with Crippen LogP contribution in [-0.4, -0.2) is 12.5 Å². The third-order valence-electron chi connectivity index (χ3n) is 2.23. The maximum atomic E-state index is 8.91. The number of benzene rings is 2. The highest BCUT2D eigenvalue weighted by Crippen LogP contribution is 2.28. The molecule has 0 saturated heterocycles. The topological polar surface area (TPSA) is 29.5 Å². The molecular weight excluding hydrogens is 258 g/mol. The molecule has 0 amide bonds. The van der Waals surface area contributed by atoms with Gasteiger partial charge in [-0.2, -0.15) is 0 Å². The van der Waals surface area contributed by atoms with Crippen LogP contribution in [0.15, 0.2) is 42.5 Å². The van der Waals surface area contributed by atoms with E-state index in [9.17, 15) is 0 Å². The van der Waals surface area contributed by atoms with Crippen molar-refractivity contribution in [1.29, 1.82) is 0 Å². The van der Waals surface area contributed by atoms with Crippen LogP contribution >= 0.6 is 23.2 Å². The Kier molecular flexibility index (Phi) is 3.95. The predicted molar refractivity (Wildman–Crippen MR) is 72.0 cm³/mol.